The molecule has 0 aromatic rings. The van der Waals surface area contributed by atoms with E-state index in [4.69, 9.17) is 4.74 Å². The zero-order valence-corrected chi connectivity index (χ0v) is 16.1. The van der Waals surface area contributed by atoms with E-state index in [0.29, 0.717) is 6.10 Å². The molecule has 2 fully saturated rings. The molecule has 1 nitrogen and oxygen atoms in total. The van der Waals surface area contributed by atoms with Crippen LogP contribution in [0, 0.1) is 17.8 Å². The zero-order valence-electron chi connectivity index (χ0n) is 16.1. The normalized spacial score (nSPS) is 31.4. The van der Waals surface area contributed by atoms with Gasteiger partial charge in [0.1, 0.15) is 0 Å². The van der Waals surface area contributed by atoms with Crippen molar-refractivity contribution < 1.29 is 4.74 Å². The van der Waals surface area contributed by atoms with Crippen LogP contribution >= 0.6 is 0 Å². The number of unbranched alkanes of at least 4 members (excludes halogenated alkanes) is 2. The molecule has 2 aliphatic carbocycles. The predicted octanol–water partition coefficient (Wildman–Crippen LogP) is 7.08. The number of rotatable bonds is 10. The van der Waals surface area contributed by atoms with Gasteiger partial charge in [-0.2, -0.15) is 0 Å². The molecule has 1 heteroatoms. The number of allylic oxidation sites excluding steroid dienone is 2. The summed E-state index contributed by atoms with van der Waals surface area (Å²) in [5.41, 5.74) is 0. The Kier molecular flexibility index (Phi) is 9.80. The van der Waals surface area contributed by atoms with E-state index in [0.717, 1.165) is 24.4 Å². The molecule has 0 heterocycles. The molecule has 138 valence electrons. The highest BCUT2D eigenvalue weighted by Crippen LogP contribution is 2.36. The van der Waals surface area contributed by atoms with Crippen LogP contribution in [-0.4, -0.2) is 12.7 Å². The molecule has 0 amide bonds. The third kappa shape index (κ3) is 7.55. The van der Waals surface area contributed by atoms with Gasteiger partial charge in [-0.25, -0.2) is 0 Å². The maximum atomic E-state index is 5.81. The topological polar surface area (TPSA) is 9.23 Å². The Hall–Kier alpha value is -0.560. The van der Waals surface area contributed by atoms with Gasteiger partial charge in [-0.1, -0.05) is 50.8 Å². The lowest BCUT2D eigenvalue weighted by Crippen LogP contribution is -2.22. The second-order valence-corrected chi connectivity index (χ2v) is 8.19. The quantitative estimate of drug-likeness (QED) is 0.307. The molecule has 2 aliphatic rings. The van der Waals surface area contributed by atoms with E-state index < -0.39 is 0 Å². The van der Waals surface area contributed by atoms with E-state index in [1.165, 1.54) is 83.5 Å². The molecule has 0 atom stereocenters. The second kappa shape index (κ2) is 11.9. The number of ether oxygens (including phenoxy) is 1. The lowest BCUT2D eigenvalue weighted by atomic mass is 9.77. The van der Waals surface area contributed by atoms with Gasteiger partial charge in [0.15, 0.2) is 0 Å². The second-order valence-electron chi connectivity index (χ2n) is 8.19. The van der Waals surface area contributed by atoms with Crippen molar-refractivity contribution in [3.05, 3.63) is 24.8 Å². The molecular formula is C23H40O. The van der Waals surface area contributed by atoms with Crippen LogP contribution in [0.5, 0.6) is 0 Å². The van der Waals surface area contributed by atoms with Crippen LogP contribution in [0.1, 0.15) is 90.4 Å². The first-order valence-electron chi connectivity index (χ1n) is 10.7. The van der Waals surface area contributed by atoms with Gasteiger partial charge in [-0.15, -0.1) is 6.58 Å². The molecule has 24 heavy (non-hydrogen) atoms. The van der Waals surface area contributed by atoms with Crippen LogP contribution in [0.15, 0.2) is 24.8 Å². The highest BCUT2D eigenvalue weighted by molar-refractivity contribution is 4.91. The molecule has 2 saturated carbocycles. The number of hydrogen-bond donors (Lipinski definition) is 0. The Morgan fingerprint density at radius 3 is 2.12 bits per heavy atom. The SMILES string of the molecule is C=CCOC1CCC(CCC2CCC(C=CCCCC)CC2)CC1. The summed E-state index contributed by atoms with van der Waals surface area (Å²) in [6, 6.07) is 0. The van der Waals surface area contributed by atoms with Crippen LogP contribution in [0.3, 0.4) is 0 Å². The summed E-state index contributed by atoms with van der Waals surface area (Å²) in [4.78, 5) is 0. The van der Waals surface area contributed by atoms with E-state index in [9.17, 15) is 0 Å². The molecule has 0 saturated heterocycles. The molecular weight excluding hydrogens is 292 g/mol. The van der Waals surface area contributed by atoms with Crippen LogP contribution in [0.2, 0.25) is 0 Å². The van der Waals surface area contributed by atoms with Crippen molar-refractivity contribution in [2.75, 3.05) is 6.61 Å². The van der Waals surface area contributed by atoms with Gasteiger partial charge in [-0.05, 0) is 75.5 Å². The van der Waals surface area contributed by atoms with E-state index in [1.807, 2.05) is 6.08 Å². The van der Waals surface area contributed by atoms with E-state index in [-0.39, 0.29) is 0 Å². The fourth-order valence-corrected chi connectivity index (χ4v) is 4.54. The first-order chi connectivity index (χ1) is 11.8. The molecule has 0 radical (unpaired) electrons. The van der Waals surface area contributed by atoms with E-state index in [2.05, 4.69) is 25.7 Å². The van der Waals surface area contributed by atoms with Gasteiger partial charge in [0.2, 0.25) is 0 Å². The van der Waals surface area contributed by atoms with Gasteiger partial charge >= 0.3 is 0 Å². The minimum Gasteiger partial charge on any atom is -0.374 e. The fourth-order valence-electron chi connectivity index (χ4n) is 4.54. The standard InChI is InChI=1S/C23H40O/c1-3-5-6-7-8-20-9-11-21(12-10-20)13-14-22-15-17-23(18-16-22)24-19-4-2/h4,7-8,20-23H,2-3,5-6,9-19H2,1H3. The molecule has 0 N–H and O–H groups in total. The molecule has 0 bridgehead atoms. The smallest absolute Gasteiger partial charge is 0.0648 e. The maximum absolute atomic E-state index is 5.81. The summed E-state index contributed by atoms with van der Waals surface area (Å²) in [7, 11) is 0. The molecule has 0 aromatic carbocycles. The van der Waals surface area contributed by atoms with E-state index >= 15 is 0 Å². The third-order valence-corrected chi connectivity index (χ3v) is 6.25. The summed E-state index contributed by atoms with van der Waals surface area (Å²) in [6.45, 7) is 6.75. The minimum absolute atomic E-state index is 0.509. The summed E-state index contributed by atoms with van der Waals surface area (Å²) < 4.78 is 5.81. The highest BCUT2D eigenvalue weighted by atomic mass is 16.5. The average molecular weight is 333 g/mol. The molecule has 0 unspecified atom stereocenters. The monoisotopic (exact) mass is 332 g/mol. The Morgan fingerprint density at radius 2 is 1.54 bits per heavy atom. The lowest BCUT2D eigenvalue weighted by molar-refractivity contribution is 0.0327. The van der Waals surface area contributed by atoms with Crippen molar-refractivity contribution in [1.29, 1.82) is 0 Å². The Bertz CT molecular complexity index is 343. The fraction of sp³-hybridized carbons (Fsp3) is 0.826. The van der Waals surface area contributed by atoms with Crippen molar-refractivity contribution in [2.24, 2.45) is 17.8 Å². The highest BCUT2D eigenvalue weighted by Gasteiger charge is 2.24. The van der Waals surface area contributed by atoms with Crippen LogP contribution in [-0.2, 0) is 4.74 Å². The van der Waals surface area contributed by atoms with Crippen molar-refractivity contribution in [2.45, 2.75) is 96.5 Å². The maximum Gasteiger partial charge on any atom is 0.0648 e. The minimum atomic E-state index is 0.509. The zero-order chi connectivity index (χ0) is 17.0. The molecule has 0 spiro atoms. The molecule has 2 rings (SSSR count). The van der Waals surface area contributed by atoms with Crippen LogP contribution < -0.4 is 0 Å². The van der Waals surface area contributed by atoms with Gasteiger partial charge < -0.3 is 4.74 Å². The van der Waals surface area contributed by atoms with Gasteiger partial charge in [0.25, 0.3) is 0 Å². The lowest BCUT2D eigenvalue weighted by Gasteiger charge is -2.31. The van der Waals surface area contributed by atoms with Crippen molar-refractivity contribution in [3.8, 4) is 0 Å². The van der Waals surface area contributed by atoms with Gasteiger partial charge in [0, 0.05) is 0 Å². The third-order valence-electron chi connectivity index (χ3n) is 6.25. The van der Waals surface area contributed by atoms with Crippen molar-refractivity contribution >= 4 is 0 Å². The average Bonchev–Trinajstić information content (AvgIpc) is 2.64. The predicted molar refractivity (Wildman–Crippen MR) is 105 cm³/mol. The Balaban J connectivity index is 1.53. The first kappa shape index (κ1) is 19.8. The van der Waals surface area contributed by atoms with Crippen LogP contribution in [0.25, 0.3) is 0 Å². The summed E-state index contributed by atoms with van der Waals surface area (Å²) in [5.74, 6) is 2.87. The number of hydrogen-bond acceptors (Lipinski definition) is 1. The first-order valence-corrected chi connectivity index (χ1v) is 10.7. The largest absolute Gasteiger partial charge is 0.374 e. The van der Waals surface area contributed by atoms with E-state index in [1.54, 1.807) is 0 Å². The Morgan fingerprint density at radius 1 is 0.917 bits per heavy atom. The molecule has 0 aliphatic heterocycles. The molecule has 0 aromatic heterocycles. The summed E-state index contributed by atoms with van der Waals surface area (Å²) in [5, 5.41) is 0. The van der Waals surface area contributed by atoms with Crippen LogP contribution in [0.4, 0.5) is 0 Å². The van der Waals surface area contributed by atoms with Gasteiger partial charge in [0.05, 0.1) is 12.7 Å². The van der Waals surface area contributed by atoms with Crippen molar-refractivity contribution in [1.82, 2.24) is 0 Å². The van der Waals surface area contributed by atoms with Crippen molar-refractivity contribution in [3.63, 3.8) is 0 Å². The summed E-state index contributed by atoms with van der Waals surface area (Å²) >= 11 is 0. The van der Waals surface area contributed by atoms with Gasteiger partial charge in [-0.3, -0.25) is 0 Å². The Labute approximate surface area is 150 Å². The summed E-state index contributed by atoms with van der Waals surface area (Å²) in [6.07, 6.45) is 25.4.